The number of nitrogens with one attached hydrogen (secondary N) is 2. The molecular formula is C28H33F3N4O3. The largest absolute Gasteiger partial charge is 0.573 e. The van der Waals surface area contributed by atoms with Gasteiger partial charge in [0, 0.05) is 23.8 Å². The molecule has 0 unspecified atom stereocenters. The third-order valence-corrected chi connectivity index (χ3v) is 7.05. The molecule has 2 aliphatic rings. The Bertz CT molecular complexity index is 1300. The molecule has 0 radical (unpaired) electrons. The van der Waals surface area contributed by atoms with Crippen molar-refractivity contribution in [2.45, 2.75) is 71.3 Å². The molecule has 1 amide bonds. The lowest BCUT2D eigenvalue weighted by Crippen LogP contribution is -2.30. The Hall–Kier alpha value is -3.43. The minimum absolute atomic E-state index is 0.0610. The van der Waals surface area contributed by atoms with Gasteiger partial charge in [-0.2, -0.15) is 0 Å². The number of ether oxygens (including phenoxy) is 2. The molecule has 5 rings (SSSR count). The maximum atomic E-state index is 12.6. The lowest BCUT2D eigenvalue weighted by Gasteiger charge is -2.40. The van der Waals surface area contributed by atoms with Crippen molar-refractivity contribution >= 4 is 28.6 Å². The van der Waals surface area contributed by atoms with Crippen LogP contribution in [0.5, 0.6) is 11.5 Å². The molecule has 38 heavy (non-hydrogen) atoms. The first-order valence-electron chi connectivity index (χ1n) is 13.0. The Balaban J connectivity index is 1.43. The van der Waals surface area contributed by atoms with E-state index in [0.29, 0.717) is 28.8 Å². The number of carbonyl (C=O) groups is 1. The zero-order valence-corrected chi connectivity index (χ0v) is 21.8. The van der Waals surface area contributed by atoms with E-state index in [9.17, 15) is 18.0 Å². The van der Waals surface area contributed by atoms with Crippen molar-refractivity contribution < 1.29 is 27.4 Å². The van der Waals surface area contributed by atoms with E-state index in [1.807, 2.05) is 18.2 Å². The number of fused-ring (bicyclic) bond motifs is 1. The number of aromatic nitrogens is 2. The number of benzene rings is 2. The highest BCUT2D eigenvalue weighted by Gasteiger charge is 2.35. The normalized spacial score (nSPS) is 21.2. The SMILES string of the molecule is C[C@H]1C[C@@H](n2c(Nc3ccc(OC(F)(F)F)cc3)nc3cc(OCC(=O)NC4CC4)ccc32)CC(C)(C)C1. The Morgan fingerprint density at radius 2 is 1.82 bits per heavy atom. The van der Waals surface area contributed by atoms with Gasteiger partial charge in [0.1, 0.15) is 11.5 Å². The maximum absolute atomic E-state index is 12.6. The average molecular weight is 531 g/mol. The third-order valence-electron chi connectivity index (χ3n) is 7.05. The van der Waals surface area contributed by atoms with Gasteiger partial charge in [0.2, 0.25) is 5.95 Å². The van der Waals surface area contributed by atoms with Gasteiger partial charge in [-0.05, 0) is 79.8 Å². The van der Waals surface area contributed by atoms with E-state index in [0.717, 1.165) is 37.6 Å². The zero-order chi connectivity index (χ0) is 27.1. The first-order chi connectivity index (χ1) is 17.9. The Labute approximate surface area is 219 Å². The van der Waals surface area contributed by atoms with Crippen molar-refractivity contribution in [1.29, 1.82) is 0 Å². The highest BCUT2D eigenvalue weighted by molar-refractivity contribution is 5.82. The molecule has 2 saturated carbocycles. The van der Waals surface area contributed by atoms with Crippen molar-refractivity contribution in [2.75, 3.05) is 11.9 Å². The number of amides is 1. The number of hydrogen-bond acceptors (Lipinski definition) is 5. The summed E-state index contributed by atoms with van der Waals surface area (Å²) in [7, 11) is 0. The summed E-state index contributed by atoms with van der Waals surface area (Å²) in [6.45, 7) is 6.76. The predicted octanol–water partition coefficient (Wildman–Crippen LogP) is 6.72. The molecule has 3 aromatic rings. The summed E-state index contributed by atoms with van der Waals surface area (Å²) < 4.78 is 49.6. The second-order valence-corrected chi connectivity index (χ2v) is 11.4. The van der Waals surface area contributed by atoms with Crippen LogP contribution in [0, 0.1) is 11.3 Å². The van der Waals surface area contributed by atoms with E-state index >= 15 is 0 Å². The van der Waals surface area contributed by atoms with Crippen LogP contribution in [0.3, 0.4) is 0 Å². The van der Waals surface area contributed by atoms with Gasteiger partial charge in [0.25, 0.3) is 5.91 Å². The van der Waals surface area contributed by atoms with Gasteiger partial charge in [-0.25, -0.2) is 4.98 Å². The lowest BCUT2D eigenvalue weighted by molar-refractivity contribution is -0.274. The lowest BCUT2D eigenvalue weighted by atomic mass is 9.70. The second kappa shape index (κ2) is 10.0. The van der Waals surface area contributed by atoms with Gasteiger partial charge in [-0.1, -0.05) is 20.8 Å². The van der Waals surface area contributed by atoms with E-state index in [4.69, 9.17) is 9.72 Å². The van der Waals surface area contributed by atoms with Crippen molar-refractivity contribution in [3.63, 3.8) is 0 Å². The van der Waals surface area contributed by atoms with Crippen LogP contribution in [-0.4, -0.2) is 34.5 Å². The van der Waals surface area contributed by atoms with E-state index < -0.39 is 6.36 Å². The van der Waals surface area contributed by atoms with Gasteiger partial charge in [-0.3, -0.25) is 4.79 Å². The molecule has 2 aromatic carbocycles. The van der Waals surface area contributed by atoms with Gasteiger partial charge < -0.3 is 24.7 Å². The van der Waals surface area contributed by atoms with Crippen LogP contribution in [0.4, 0.5) is 24.8 Å². The van der Waals surface area contributed by atoms with Crippen molar-refractivity contribution in [3.8, 4) is 11.5 Å². The highest BCUT2D eigenvalue weighted by atomic mass is 19.4. The number of alkyl halides is 3. The topological polar surface area (TPSA) is 77.4 Å². The molecule has 10 heteroatoms. The standard InChI is InChI=1S/C28H33F3N4O3/c1-17-12-20(15-27(2,3)14-17)35-24-11-10-22(37-16-25(36)32-18-4-5-18)13-23(24)34-26(35)33-19-6-8-21(9-7-19)38-28(29,30)31/h6-11,13,17-18,20H,4-5,12,14-16H2,1-3H3,(H,32,36)(H,33,34)/t17-,20+/m0/s1. The molecule has 7 nitrogen and oxygen atoms in total. The Kier molecular flexibility index (Phi) is 6.92. The molecule has 0 spiro atoms. The number of imidazole rings is 1. The quantitative estimate of drug-likeness (QED) is 0.338. The summed E-state index contributed by atoms with van der Waals surface area (Å²) in [6, 6.07) is 11.7. The molecule has 2 fully saturated rings. The molecule has 1 heterocycles. The van der Waals surface area contributed by atoms with E-state index in [1.54, 1.807) is 0 Å². The molecule has 1 aromatic heterocycles. The van der Waals surface area contributed by atoms with E-state index in [2.05, 4.69) is 40.7 Å². The minimum atomic E-state index is -4.74. The fourth-order valence-electron chi connectivity index (χ4n) is 5.63. The Morgan fingerprint density at radius 3 is 2.47 bits per heavy atom. The van der Waals surface area contributed by atoms with Crippen LogP contribution in [0.25, 0.3) is 11.0 Å². The Morgan fingerprint density at radius 1 is 1.11 bits per heavy atom. The molecule has 2 aliphatic carbocycles. The predicted molar refractivity (Wildman–Crippen MR) is 139 cm³/mol. The summed E-state index contributed by atoms with van der Waals surface area (Å²) in [5, 5.41) is 6.21. The average Bonchev–Trinajstić information content (AvgIpc) is 3.54. The summed E-state index contributed by atoms with van der Waals surface area (Å²) in [6.07, 6.45) is 0.377. The number of hydrogen-bond donors (Lipinski definition) is 2. The molecule has 204 valence electrons. The molecule has 2 N–H and O–H groups in total. The first kappa shape index (κ1) is 26.2. The summed E-state index contributed by atoms with van der Waals surface area (Å²) in [4.78, 5) is 16.9. The molecule has 0 aliphatic heterocycles. The van der Waals surface area contributed by atoms with Crippen LogP contribution in [0.15, 0.2) is 42.5 Å². The van der Waals surface area contributed by atoms with Gasteiger partial charge >= 0.3 is 6.36 Å². The van der Waals surface area contributed by atoms with Gasteiger partial charge in [-0.15, -0.1) is 13.2 Å². The van der Waals surface area contributed by atoms with Gasteiger partial charge in [0.15, 0.2) is 6.61 Å². The summed E-state index contributed by atoms with van der Waals surface area (Å²) in [5.41, 5.74) is 2.38. The van der Waals surface area contributed by atoms with Crippen LogP contribution in [0.1, 0.15) is 58.9 Å². The molecule has 0 bridgehead atoms. The van der Waals surface area contributed by atoms with E-state index in [-0.39, 0.29) is 35.8 Å². The molecular weight excluding hydrogens is 497 g/mol. The fourth-order valence-corrected chi connectivity index (χ4v) is 5.63. The third kappa shape index (κ3) is 6.52. The van der Waals surface area contributed by atoms with Crippen LogP contribution in [0.2, 0.25) is 0 Å². The van der Waals surface area contributed by atoms with Crippen molar-refractivity contribution in [3.05, 3.63) is 42.5 Å². The van der Waals surface area contributed by atoms with Crippen LogP contribution < -0.4 is 20.1 Å². The number of nitrogens with zero attached hydrogens (tertiary/aromatic N) is 2. The smallest absolute Gasteiger partial charge is 0.484 e. The number of rotatable bonds is 8. The van der Waals surface area contributed by atoms with Crippen LogP contribution in [-0.2, 0) is 4.79 Å². The first-order valence-corrected chi connectivity index (χ1v) is 13.0. The van der Waals surface area contributed by atoms with Crippen molar-refractivity contribution in [1.82, 2.24) is 14.9 Å². The number of carbonyl (C=O) groups excluding carboxylic acids is 1. The second-order valence-electron chi connectivity index (χ2n) is 11.4. The summed E-state index contributed by atoms with van der Waals surface area (Å²) in [5.74, 6) is 1.25. The highest BCUT2D eigenvalue weighted by Crippen LogP contribution is 2.46. The maximum Gasteiger partial charge on any atom is 0.573 e. The van der Waals surface area contributed by atoms with E-state index in [1.165, 1.54) is 24.3 Å². The summed E-state index contributed by atoms with van der Waals surface area (Å²) >= 11 is 0. The zero-order valence-electron chi connectivity index (χ0n) is 21.8. The number of anilines is 2. The van der Waals surface area contributed by atoms with Crippen LogP contribution >= 0.6 is 0 Å². The molecule has 2 atom stereocenters. The van der Waals surface area contributed by atoms with Crippen molar-refractivity contribution in [2.24, 2.45) is 11.3 Å². The number of halogens is 3. The minimum Gasteiger partial charge on any atom is -0.484 e. The molecule has 0 saturated heterocycles. The van der Waals surface area contributed by atoms with Gasteiger partial charge in [0.05, 0.1) is 11.0 Å². The fraction of sp³-hybridized carbons (Fsp3) is 0.500. The monoisotopic (exact) mass is 530 g/mol.